The molecule has 1 atom stereocenters. The Balaban J connectivity index is 0.00000361. The van der Waals surface area contributed by atoms with E-state index < -0.39 is 5.41 Å². The summed E-state index contributed by atoms with van der Waals surface area (Å²) in [6, 6.07) is 0.405. The van der Waals surface area contributed by atoms with Crippen molar-refractivity contribution in [2.24, 2.45) is 5.41 Å². The zero-order valence-electron chi connectivity index (χ0n) is 13.0. The van der Waals surface area contributed by atoms with Gasteiger partial charge in [-0.05, 0) is 19.9 Å². The molecule has 0 aromatic heterocycles. The molecular weight excluding hydrogens is 278 g/mol. The van der Waals surface area contributed by atoms with Gasteiger partial charge in [0.2, 0.25) is 11.8 Å². The van der Waals surface area contributed by atoms with E-state index in [0.717, 1.165) is 25.9 Å². The Hall–Kier alpha value is -0.810. The molecule has 0 spiro atoms. The van der Waals surface area contributed by atoms with Gasteiger partial charge in [-0.2, -0.15) is 0 Å². The molecule has 20 heavy (non-hydrogen) atoms. The van der Waals surface area contributed by atoms with Crippen LogP contribution >= 0.6 is 12.4 Å². The molecule has 0 aromatic rings. The van der Waals surface area contributed by atoms with Crippen molar-refractivity contribution in [1.29, 1.82) is 0 Å². The minimum atomic E-state index is -0.397. The van der Waals surface area contributed by atoms with Gasteiger partial charge in [-0.25, -0.2) is 0 Å². The molecule has 1 aliphatic rings. The number of amides is 2. The van der Waals surface area contributed by atoms with Crippen LogP contribution in [0.3, 0.4) is 0 Å². The van der Waals surface area contributed by atoms with Crippen LogP contribution in [0.4, 0.5) is 0 Å². The zero-order chi connectivity index (χ0) is 14.5. The third-order valence-corrected chi connectivity index (χ3v) is 3.49. The lowest BCUT2D eigenvalue weighted by molar-refractivity contribution is -0.133. The zero-order valence-corrected chi connectivity index (χ0v) is 13.8. The van der Waals surface area contributed by atoms with Crippen LogP contribution in [0.15, 0.2) is 0 Å². The lowest BCUT2D eigenvalue weighted by Gasteiger charge is -2.32. The van der Waals surface area contributed by atoms with E-state index in [0.29, 0.717) is 19.0 Å². The van der Waals surface area contributed by atoms with E-state index in [1.165, 1.54) is 0 Å². The molecule has 1 saturated heterocycles. The maximum atomic E-state index is 12.0. The Morgan fingerprint density at radius 1 is 1.30 bits per heavy atom. The topological polar surface area (TPSA) is 61.4 Å². The second-order valence-electron chi connectivity index (χ2n) is 6.22. The summed E-state index contributed by atoms with van der Waals surface area (Å²) in [7, 11) is 1.93. The maximum Gasteiger partial charge on any atom is 0.225 e. The first-order valence-electron chi connectivity index (χ1n) is 7.08. The van der Waals surface area contributed by atoms with Gasteiger partial charge in [0, 0.05) is 37.5 Å². The second-order valence-corrected chi connectivity index (χ2v) is 6.22. The van der Waals surface area contributed by atoms with Crippen LogP contribution < -0.4 is 10.6 Å². The molecule has 2 amide bonds. The van der Waals surface area contributed by atoms with Gasteiger partial charge in [-0.3, -0.25) is 9.59 Å². The summed E-state index contributed by atoms with van der Waals surface area (Å²) in [5.74, 6) is 0.126. The van der Waals surface area contributed by atoms with Crippen molar-refractivity contribution >= 4 is 24.2 Å². The van der Waals surface area contributed by atoms with Crippen LogP contribution in [0.25, 0.3) is 0 Å². The Kier molecular flexibility index (Phi) is 8.13. The van der Waals surface area contributed by atoms with Crippen LogP contribution in [0.5, 0.6) is 0 Å². The highest BCUT2D eigenvalue weighted by molar-refractivity contribution is 5.85. The van der Waals surface area contributed by atoms with Gasteiger partial charge in [-0.15, -0.1) is 12.4 Å². The normalized spacial score (nSPS) is 19.2. The summed E-state index contributed by atoms with van der Waals surface area (Å²) in [6.45, 7) is 7.65. The number of nitrogens with zero attached hydrogens (tertiary/aromatic N) is 1. The van der Waals surface area contributed by atoms with Crippen molar-refractivity contribution in [3.8, 4) is 0 Å². The molecule has 0 aromatic carbocycles. The van der Waals surface area contributed by atoms with Crippen molar-refractivity contribution in [2.45, 2.75) is 46.1 Å². The lowest BCUT2D eigenvalue weighted by atomic mass is 9.96. The molecule has 6 heteroatoms. The third-order valence-electron chi connectivity index (χ3n) is 3.49. The Labute approximate surface area is 128 Å². The summed E-state index contributed by atoms with van der Waals surface area (Å²) in [4.78, 5) is 25.6. The fraction of sp³-hybridized carbons (Fsp3) is 0.857. The number of hydrogen-bond acceptors (Lipinski definition) is 3. The van der Waals surface area contributed by atoms with Gasteiger partial charge < -0.3 is 15.5 Å². The van der Waals surface area contributed by atoms with E-state index in [-0.39, 0.29) is 24.2 Å². The number of carbonyl (C=O) groups is 2. The molecule has 5 nitrogen and oxygen atoms in total. The summed E-state index contributed by atoms with van der Waals surface area (Å²) in [5, 5.41) is 6.04. The number of nitrogens with one attached hydrogen (secondary N) is 2. The highest BCUT2D eigenvalue weighted by Gasteiger charge is 2.23. The van der Waals surface area contributed by atoms with Crippen molar-refractivity contribution in [3.05, 3.63) is 0 Å². The average molecular weight is 306 g/mol. The largest absolute Gasteiger partial charge is 0.355 e. The fourth-order valence-corrected chi connectivity index (χ4v) is 2.15. The number of halogens is 1. The molecule has 118 valence electrons. The molecule has 0 radical (unpaired) electrons. The van der Waals surface area contributed by atoms with Gasteiger partial charge >= 0.3 is 0 Å². The first-order chi connectivity index (χ1) is 8.84. The van der Waals surface area contributed by atoms with Crippen LogP contribution in [-0.4, -0.2) is 49.4 Å². The quantitative estimate of drug-likeness (QED) is 0.820. The van der Waals surface area contributed by atoms with Gasteiger partial charge in [0.05, 0.1) is 0 Å². The summed E-state index contributed by atoms with van der Waals surface area (Å²) in [6.07, 6.45) is 2.56. The fourth-order valence-electron chi connectivity index (χ4n) is 2.15. The van der Waals surface area contributed by atoms with E-state index >= 15 is 0 Å². The van der Waals surface area contributed by atoms with Gasteiger partial charge in [0.15, 0.2) is 0 Å². The molecule has 1 heterocycles. The van der Waals surface area contributed by atoms with E-state index in [4.69, 9.17) is 0 Å². The minimum absolute atomic E-state index is 0. The van der Waals surface area contributed by atoms with Crippen LogP contribution in [0.1, 0.15) is 40.0 Å². The SMILES string of the molecule is CNC1CCCN(C(=O)CCNC(=O)C(C)(C)C)C1.Cl. The standard InChI is InChI=1S/C14H27N3O2.ClH/c1-14(2,3)13(19)16-8-7-12(18)17-9-5-6-11(10-17)15-4;/h11,15H,5-10H2,1-4H3,(H,16,19);1H. The lowest BCUT2D eigenvalue weighted by Crippen LogP contribution is -2.47. The molecule has 1 fully saturated rings. The van der Waals surface area contributed by atoms with Crippen molar-refractivity contribution in [2.75, 3.05) is 26.7 Å². The van der Waals surface area contributed by atoms with Crippen molar-refractivity contribution in [3.63, 3.8) is 0 Å². The second kappa shape index (κ2) is 8.47. The molecule has 0 saturated carbocycles. The molecular formula is C14H28ClN3O2. The monoisotopic (exact) mass is 305 g/mol. The van der Waals surface area contributed by atoms with Crippen molar-refractivity contribution < 1.29 is 9.59 Å². The summed E-state index contributed by atoms with van der Waals surface area (Å²) < 4.78 is 0. The first-order valence-corrected chi connectivity index (χ1v) is 7.08. The van der Waals surface area contributed by atoms with E-state index in [1.807, 2.05) is 32.7 Å². The molecule has 2 N–H and O–H groups in total. The average Bonchev–Trinajstić information content (AvgIpc) is 2.37. The molecule has 1 aliphatic heterocycles. The number of rotatable bonds is 4. The summed E-state index contributed by atoms with van der Waals surface area (Å²) in [5.41, 5.74) is -0.397. The number of likely N-dealkylation sites (N-methyl/N-ethyl adjacent to an activating group) is 1. The minimum Gasteiger partial charge on any atom is -0.355 e. The van der Waals surface area contributed by atoms with Crippen LogP contribution in [0, 0.1) is 5.41 Å². The smallest absolute Gasteiger partial charge is 0.225 e. The predicted octanol–water partition coefficient (Wildman–Crippen LogP) is 1.17. The third kappa shape index (κ3) is 6.09. The number of hydrogen-bond donors (Lipinski definition) is 2. The number of carbonyl (C=O) groups excluding carboxylic acids is 2. The summed E-state index contributed by atoms with van der Waals surface area (Å²) >= 11 is 0. The molecule has 0 aliphatic carbocycles. The van der Waals surface area contributed by atoms with Gasteiger partial charge in [0.25, 0.3) is 0 Å². The van der Waals surface area contributed by atoms with Crippen molar-refractivity contribution in [1.82, 2.24) is 15.5 Å². The van der Waals surface area contributed by atoms with Crippen LogP contribution in [-0.2, 0) is 9.59 Å². The van der Waals surface area contributed by atoms with Gasteiger partial charge in [-0.1, -0.05) is 20.8 Å². The Morgan fingerprint density at radius 2 is 1.95 bits per heavy atom. The predicted molar refractivity (Wildman–Crippen MR) is 83.0 cm³/mol. The number of likely N-dealkylation sites (tertiary alicyclic amines) is 1. The maximum absolute atomic E-state index is 12.0. The van der Waals surface area contributed by atoms with E-state index in [1.54, 1.807) is 0 Å². The highest BCUT2D eigenvalue weighted by Crippen LogP contribution is 2.13. The Morgan fingerprint density at radius 3 is 2.50 bits per heavy atom. The number of piperidine rings is 1. The first kappa shape index (κ1) is 19.2. The van der Waals surface area contributed by atoms with E-state index in [9.17, 15) is 9.59 Å². The van der Waals surface area contributed by atoms with Crippen LogP contribution in [0.2, 0.25) is 0 Å². The highest BCUT2D eigenvalue weighted by atomic mass is 35.5. The van der Waals surface area contributed by atoms with Gasteiger partial charge in [0.1, 0.15) is 0 Å². The molecule has 1 rings (SSSR count). The molecule has 0 bridgehead atoms. The van der Waals surface area contributed by atoms with E-state index in [2.05, 4.69) is 10.6 Å². The molecule has 1 unspecified atom stereocenters. The Bertz CT molecular complexity index is 329.